The number of hydrogen-bond donors (Lipinski definition) is 2. The van der Waals surface area contributed by atoms with Crippen molar-refractivity contribution in [1.29, 1.82) is 0 Å². The highest BCUT2D eigenvalue weighted by molar-refractivity contribution is 5.94. The second-order valence-corrected chi connectivity index (χ2v) is 6.27. The Morgan fingerprint density at radius 3 is 3.08 bits per heavy atom. The molecule has 8 nitrogen and oxygen atoms in total. The number of carbonyl (C=O) groups is 1. The highest BCUT2D eigenvalue weighted by atomic mass is 16.5. The summed E-state index contributed by atoms with van der Waals surface area (Å²) in [7, 11) is 1.60. The summed E-state index contributed by atoms with van der Waals surface area (Å²) in [5, 5.41) is 2.99. The number of imidazole rings is 1. The fourth-order valence-corrected chi connectivity index (χ4v) is 3.36. The summed E-state index contributed by atoms with van der Waals surface area (Å²) in [5.41, 5.74) is 2.13. The van der Waals surface area contributed by atoms with E-state index in [1.54, 1.807) is 13.4 Å². The minimum atomic E-state index is -0.124. The van der Waals surface area contributed by atoms with Gasteiger partial charge in [0.15, 0.2) is 11.5 Å². The Hall–Kier alpha value is -3.16. The first kappa shape index (κ1) is 16.3. The number of ether oxygens (including phenoxy) is 1. The number of H-pyrrole nitrogens is 1. The Kier molecular flexibility index (Phi) is 4.39. The molecule has 2 N–H and O–H groups in total. The standard InChI is InChI=1S/C18H20N6O2/c1-26-14-7-3-2-6-13(14)23-18(25)12-5-4-8-24(9-12)17-15-16(20-10-19-15)21-11-22-17/h2-3,6-7,10-12H,4-5,8-9H2,1H3,(H,23,25)(H,19,20,21,22)/t12-/m1/s1. The number of piperidine rings is 1. The SMILES string of the molecule is COc1ccccc1NC(=O)[C@@H]1CCCN(c2ncnc3nc[nH]c23)C1. The maximum Gasteiger partial charge on any atom is 0.229 e. The Morgan fingerprint density at radius 1 is 1.31 bits per heavy atom. The molecule has 3 heterocycles. The highest BCUT2D eigenvalue weighted by Gasteiger charge is 2.28. The van der Waals surface area contributed by atoms with E-state index in [9.17, 15) is 4.79 Å². The van der Waals surface area contributed by atoms with Gasteiger partial charge in [-0.15, -0.1) is 0 Å². The molecule has 1 amide bonds. The van der Waals surface area contributed by atoms with E-state index < -0.39 is 0 Å². The largest absolute Gasteiger partial charge is 0.495 e. The van der Waals surface area contributed by atoms with Crippen LogP contribution in [0.5, 0.6) is 5.75 Å². The molecule has 0 saturated carbocycles. The van der Waals surface area contributed by atoms with Gasteiger partial charge in [0.05, 0.1) is 25.0 Å². The maximum absolute atomic E-state index is 12.8. The zero-order chi connectivity index (χ0) is 17.9. The maximum atomic E-state index is 12.8. The summed E-state index contributed by atoms with van der Waals surface area (Å²) in [6.07, 6.45) is 4.88. The van der Waals surface area contributed by atoms with Crippen LogP contribution in [0.25, 0.3) is 11.2 Å². The summed E-state index contributed by atoms with van der Waals surface area (Å²) < 4.78 is 5.31. The second-order valence-electron chi connectivity index (χ2n) is 6.27. The molecule has 8 heteroatoms. The number of anilines is 2. The van der Waals surface area contributed by atoms with E-state index in [2.05, 4.69) is 30.2 Å². The van der Waals surface area contributed by atoms with Crippen LogP contribution in [0.2, 0.25) is 0 Å². The normalized spacial score (nSPS) is 17.3. The van der Waals surface area contributed by atoms with Crippen molar-refractivity contribution in [2.45, 2.75) is 12.8 Å². The van der Waals surface area contributed by atoms with E-state index in [0.717, 1.165) is 30.7 Å². The Morgan fingerprint density at radius 2 is 2.19 bits per heavy atom. The molecule has 1 aliphatic rings. The molecule has 1 atom stereocenters. The molecule has 3 aromatic rings. The van der Waals surface area contributed by atoms with Crippen molar-refractivity contribution in [2.24, 2.45) is 5.92 Å². The fourth-order valence-electron chi connectivity index (χ4n) is 3.36. The minimum Gasteiger partial charge on any atom is -0.495 e. The van der Waals surface area contributed by atoms with Crippen LogP contribution in [-0.4, -0.2) is 46.0 Å². The van der Waals surface area contributed by atoms with Gasteiger partial charge in [0.1, 0.15) is 17.6 Å². The predicted molar refractivity (Wildman–Crippen MR) is 98.2 cm³/mol. The molecule has 1 fully saturated rings. The van der Waals surface area contributed by atoms with Crippen LogP contribution in [0.4, 0.5) is 11.5 Å². The first-order valence-electron chi connectivity index (χ1n) is 8.59. The lowest BCUT2D eigenvalue weighted by Gasteiger charge is -2.33. The van der Waals surface area contributed by atoms with E-state index in [4.69, 9.17) is 4.74 Å². The van der Waals surface area contributed by atoms with E-state index in [-0.39, 0.29) is 11.8 Å². The number of aromatic nitrogens is 4. The third kappa shape index (κ3) is 3.05. The highest BCUT2D eigenvalue weighted by Crippen LogP contribution is 2.28. The summed E-state index contributed by atoms with van der Waals surface area (Å²) in [5.74, 6) is 1.32. The van der Waals surface area contributed by atoms with Crippen LogP contribution in [-0.2, 0) is 4.79 Å². The number of fused-ring (bicyclic) bond motifs is 1. The number of rotatable bonds is 4. The third-order valence-corrected chi connectivity index (χ3v) is 4.66. The number of nitrogens with zero attached hydrogens (tertiary/aromatic N) is 4. The van der Waals surface area contributed by atoms with Crippen molar-refractivity contribution >= 4 is 28.6 Å². The molecule has 1 aliphatic heterocycles. The van der Waals surface area contributed by atoms with Crippen molar-refractivity contribution in [2.75, 3.05) is 30.4 Å². The monoisotopic (exact) mass is 352 g/mol. The van der Waals surface area contributed by atoms with Crippen molar-refractivity contribution < 1.29 is 9.53 Å². The van der Waals surface area contributed by atoms with Crippen molar-refractivity contribution in [3.63, 3.8) is 0 Å². The summed E-state index contributed by atoms with van der Waals surface area (Å²) >= 11 is 0. The molecule has 2 aromatic heterocycles. The van der Waals surface area contributed by atoms with E-state index in [1.807, 2.05) is 24.3 Å². The van der Waals surface area contributed by atoms with Crippen LogP contribution in [0.3, 0.4) is 0 Å². The molecule has 1 aromatic carbocycles. The molecular formula is C18H20N6O2. The van der Waals surface area contributed by atoms with E-state index in [0.29, 0.717) is 23.6 Å². The summed E-state index contributed by atoms with van der Waals surface area (Å²) in [6.45, 7) is 1.45. The number of nitrogens with one attached hydrogen (secondary N) is 2. The van der Waals surface area contributed by atoms with Gasteiger partial charge in [0.2, 0.25) is 5.91 Å². The lowest BCUT2D eigenvalue weighted by molar-refractivity contribution is -0.120. The Labute approximate surface area is 150 Å². The van der Waals surface area contributed by atoms with E-state index in [1.165, 1.54) is 6.33 Å². The van der Waals surface area contributed by atoms with Crippen LogP contribution in [0, 0.1) is 5.92 Å². The van der Waals surface area contributed by atoms with Gasteiger partial charge in [0, 0.05) is 13.1 Å². The molecule has 134 valence electrons. The number of carbonyl (C=O) groups excluding carboxylic acids is 1. The molecule has 0 aliphatic carbocycles. The second kappa shape index (κ2) is 6.99. The zero-order valence-electron chi connectivity index (χ0n) is 14.5. The van der Waals surface area contributed by atoms with Crippen LogP contribution < -0.4 is 15.0 Å². The van der Waals surface area contributed by atoms with Gasteiger partial charge in [0.25, 0.3) is 0 Å². The molecule has 0 radical (unpaired) electrons. The van der Waals surface area contributed by atoms with Gasteiger partial charge in [-0.05, 0) is 25.0 Å². The number of aromatic amines is 1. The van der Waals surface area contributed by atoms with Crippen LogP contribution in [0.15, 0.2) is 36.9 Å². The van der Waals surface area contributed by atoms with E-state index >= 15 is 0 Å². The number of methoxy groups -OCH3 is 1. The first-order valence-corrected chi connectivity index (χ1v) is 8.59. The van der Waals surface area contributed by atoms with Gasteiger partial charge in [-0.2, -0.15) is 0 Å². The van der Waals surface area contributed by atoms with Crippen LogP contribution >= 0.6 is 0 Å². The third-order valence-electron chi connectivity index (χ3n) is 4.66. The lowest BCUT2D eigenvalue weighted by atomic mass is 9.97. The van der Waals surface area contributed by atoms with Gasteiger partial charge in [-0.3, -0.25) is 4.79 Å². The minimum absolute atomic E-state index is 0.00545. The van der Waals surface area contributed by atoms with Gasteiger partial charge in [-0.25, -0.2) is 15.0 Å². The molecule has 0 spiro atoms. The molecule has 0 bridgehead atoms. The van der Waals surface area contributed by atoms with Gasteiger partial charge in [-0.1, -0.05) is 12.1 Å². The lowest BCUT2D eigenvalue weighted by Crippen LogP contribution is -2.41. The molecule has 0 unspecified atom stereocenters. The molecule has 1 saturated heterocycles. The molecule has 26 heavy (non-hydrogen) atoms. The van der Waals surface area contributed by atoms with Crippen molar-refractivity contribution in [3.05, 3.63) is 36.9 Å². The smallest absolute Gasteiger partial charge is 0.229 e. The number of hydrogen-bond acceptors (Lipinski definition) is 6. The fraction of sp³-hybridized carbons (Fsp3) is 0.333. The number of benzene rings is 1. The predicted octanol–water partition coefficient (Wildman–Crippen LogP) is 2.22. The number of amides is 1. The first-order chi connectivity index (χ1) is 12.8. The van der Waals surface area contributed by atoms with Crippen molar-refractivity contribution in [1.82, 2.24) is 19.9 Å². The Bertz CT molecular complexity index is 925. The van der Waals surface area contributed by atoms with Gasteiger partial charge >= 0.3 is 0 Å². The average Bonchev–Trinajstić information content (AvgIpc) is 3.17. The zero-order valence-corrected chi connectivity index (χ0v) is 14.5. The average molecular weight is 352 g/mol. The Balaban J connectivity index is 1.51. The quantitative estimate of drug-likeness (QED) is 0.747. The van der Waals surface area contributed by atoms with Crippen molar-refractivity contribution in [3.8, 4) is 5.75 Å². The van der Waals surface area contributed by atoms with Gasteiger partial charge < -0.3 is 19.9 Å². The summed E-state index contributed by atoms with van der Waals surface area (Å²) in [4.78, 5) is 30.7. The summed E-state index contributed by atoms with van der Waals surface area (Å²) in [6, 6.07) is 7.43. The molecule has 4 rings (SSSR count). The molecular weight excluding hydrogens is 332 g/mol. The topological polar surface area (TPSA) is 96.0 Å². The van der Waals surface area contributed by atoms with Crippen LogP contribution in [0.1, 0.15) is 12.8 Å². The number of para-hydroxylation sites is 2.